The van der Waals surface area contributed by atoms with Crippen LogP contribution in [-0.4, -0.2) is 54.5 Å². The third-order valence-electron chi connectivity index (χ3n) is 6.18. The Hall–Kier alpha value is -3.37. The van der Waals surface area contributed by atoms with Gasteiger partial charge in [-0.05, 0) is 28.8 Å². The number of hydrogen-bond donors (Lipinski definition) is 2. The molecular formula is C24H25BrN8O. The fourth-order valence-corrected chi connectivity index (χ4v) is 4.60. The molecule has 34 heavy (non-hydrogen) atoms. The van der Waals surface area contributed by atoms with Gasteiger partial charge in [0.25, 0.3) is 0 Å². The topological polar surface area (TPSA) is 114 Å². The predicted octanol–water partition coefficient (Wildman–Crippen LogP) is 3.30. The van der Waals surface area contributed by atoms with Gasteiger partial charge >= 0.3 is 0 Å². The van der Waals surface area contributed by atoms with Gasteiger partial charge in [-0.25, -0.2) is 15.0 Å². The SMILES string of the molecule is CC(=O)N1CCC(NCc2nc3c(-c4cnc(-c5ccccc5)nc4)cnn3c(N)c2Br)CC1. The molecule has 0 aliphatic carbocycles. The first kappa shape index (κ1) is 22.4. The third-order valence-corrected chi connectivity index (χ3v) is 7.05. The summed E-state index contributed by atoms with van der Waals surface area (Å²) in [4.78, 5) is 27.4. The summed E-state index contributed by atoms with van der Waals surface area (Å²) in [5, 5.41) is 8.00. The second-order valence-electron chi connectivity index (χ2n) is 8.37. The van der Waals surface area contributed by atoms with Crippen LogP contribution in [0.25, 0.3) is 28.2 Å². The first-order valence-electron chi connectivity index (χ1n) is 11.2. The maximum Gasteiger partial charge on any atom is 0.219 e. The van der Waals surface area contributed by atoms with Gasteiger partial charge in [-0.3, -0.25) is 4.79 Å². The van der Waals surface area contributed by atoms with E-state index in [9.17, 15) is 4.79 Å². The Morgan fingerprint density at radius 1 is 1.12 bits per heavy atom. The van der Waals surface area contributed by atoms with Gasteiger partial charge in [0.2, 0.25) is 5.91 Å². The fraction of sp³-hybridized carbons (Fsp3) is 0.292. The van der Waals surface area contributed by atoms with Crippen LogP contribution >= 0.6 is 15.9 Å². The number of benzene rings is 1. The van der Waals surface area contributed by atoms with Crippen molar-refractivity contribution in [1.29, 1.82) is 0 Å². The van der Waals surface area contributed by atoms with E-state index in [-0.39, 0.29) is 5.91 Å². The number of nitrogens with one attached hydrogen (secondary N) is 1. The quantitative estimate of drug-likeness (QED) is 0.414. The second kappa shape index (κ2) is 9.47. The predicted molar refractivity (Wildman–Crippen MR) is 134 cm³/mol. The third kappa shape index (κ3) is 4.38. The van der Waals surface area contributed by atoms with Crippen LogP contribution < -0.4 is 11.1 Å². The van der Waals surface area contributed by atoms with Crippen molar-refractivity contribution in [2.45, 2.75) is 32.4 Å². The van der Waals surface area contributed by atoms with Gasteiger partial charge in [0.1, 0.15) is 5.82 Å². The highest BCUT2D eigenvalue weighted by atomic mass is 79.9. The minimum absolute atomic E-state index is 0.134. The van der Waals surface area contributed by atoms with Crippen molar-refractivity contribution >= 4 is 33.3 Å². The Morgan fingerprint density at radius 2 is 1.82 bits per heavy atom. The molecule has 4 heterocycles. The highest BCUT2D eigenvalue weighted by molar-refractivity contribution is 9.10. The maximum absolute atomic E-state index is 11.6. The van der Waals surface area contributed by atoms with Crippen LogP contribution in [0.5, 0.6) is 0 Å². The normalized spacial score (nSPS) is 14.6. The Labute approximate surface area is 205 Å². The molecule has 0 bridgehead atoms. The molecule has 0 atom stereocenters. The number of aromatic nitrogens is 5. The zero-order valence-electron chi connectivity index (χ0n) is 18.8. The van der Waals surface area contributed by atoms with Crippen LogP contribution in [0.1, 0.15) is 25.5 Å². The van der Waals surface area contributed by atoms with Crippen LogP contribution in [-0.2, 0) is 11.3 Å². The highest BCUT2D eigenvalue weighted by Gasteiger charge is 2.22. The maximum atomic E-state index is 11.6. The molecule has 1 fully saturated rings. The lowest BCUT2D eigenvalue weighted by Gasteiger charge is -2.31. The number of anilines is 1. The van der Waals surface area contributed by atoms with Crippen LogP contribution in [0.3, 0.4) is 0 Å². The molecule has 3 aromatic heterocycles. The van der Waals surface area contributed by atoms with Gasteiger partial charge < -0.3 is 16.0 Å². The monoisotopic (exact) mass is 520 g/mol. The van der Waals surface area contributed by atoms with E-state index in [2.05, 4.69) is 36.3 Å². The summed E-state index contributed by atoms with van der Waals surface area (Å²) in [6.45, 7) is 3.72. The first-order chi connectivity index (χ1) is 16.5. The second-order valence-corrected chi connectivity index (χ2v) is 9.17. The Balaban J connectivity index is 1.38. The van der Waals surface area contributed by atoms with Crippen molar-refractivity contribution in [2.24, 2.45) is 0 Å². The lowest BCUT2D eigenvalue weighted by molar-refractivity contribution is -0.129. The lowest BCUT2D eigenvalue weighted by Crippen LogP contribution is -2.44. The van der Waals surface area contributed by atoms with Crippen molar-refractivity contribution in [3.05, 3.63) is 59.1 Å². The molecule has 1 amide bonds. The first-order valence-corrected chi connectivity index (χ1v) is 12.0. The molecule has 0 saturated carbocycles. The number of carbonyl (C=O) groups excluding carboxylic acids is 1. The fourth-order valence-electron chi connectivity index (χ4n) is 4.21. The largest absolute Gasteiger partial charge is 0.383 e. The van der Waals surface area contributed by atoms with Gasteiger partial charge in [0, 0.05) is 61.7 Å². The number of halogens is 1. The summed E-state index contributed by atoms with van der Waals surface area (Å²) in [7, 11) is 0. The molecule has 0 unspecified atom stereocenters. The number of amides is 1. The molecule has 10 heteroatoms. The van der Waals surface area contributed by atoms with E-state index >= 15 is 0 Å². The minimum atomic E-state index is 0.134. The van der Waals surface area contributed by atoms with Crippen LogP contribution in [0, 0.1) is 0 Å². The average molecular weight is 521 g/mol. The molecule has 1 saturated heterocycles. The number of nitrogens with two attached hydrogens (primary N) is 1. The van der Waals surface area contributed by atoms with Crippen molar-refractivity contribution in [1.82, 2.24) is 34.8 Å². The van der Waals surface area contributed by atoms with Gasteiger partial charge in [0.15, 0.2) is 11.5 Å². The average Bonchev–Trinajstić information content (AvgIpc) is 3.30. The van der Waals surface area contributed by atoms with Gasteiger partial charge in [-0.2, -0.15) is 9.61 Å². The zero-order valence-corrected chi connectivity index (χ0v) is 20.4. The van der Waals surface area contributed by atoms with Gasteiger partial charge in [0.05, 0.1) is 16.4 Å². The van der Waals surface area contributed by atoms with Crippen LogP contribution in [0.15, 0.2) is 53.4 Å². The molecule has 0 spiro atoms. The van der Waals surface area contributed by atoms with Crippen molar-refractivity contribution < 1.29 is 4.79 Å². The number of nitrogens with zero attached hydrogens (tertiary/aromatic N) is 6. The van der Waals surface area contributed by atoms with E-state index in [4.69, 9.17) is 10.7 Å². The summed E-state index contributed by atoms with van der Waals surface area (Å²) < 4.78 is 2.35. The number of nitrogen functional groups attached to an aromatic ring is 1. The molecule has 3 N–H and O–H groups in total. The van der Waals surface area contributed by atoms with Crippen molar-refractivity contribution in [3.8, 4) is 22.5 Å². The molecule has 174 valence electrons. The van der Waals surface area contributed by atoms with Crippen molar-refractivity contribution in [2.75, 3.05) is 18.8 Å². The number of piperidine rings is 1. The number of fused-ring (bicyclic) bond motifs is 1. The van der Waals surface area contributed by atoms with Crippen LogP contribution in [0.2, 0.25) is 0 Å². The molecule has 9 nitrogen and oxygen atoms in total. The van der Waals surface area contributed by atoms with E-state index < -0.39 is 0 Å². The highest BCUT2D eigenvalue weighted by Crippen LogP contribution is 2.30. The number of rotatable bonds is 5. The van der Waals surface area contributed by atoms with E-state index in [1.165, 1.54) is 0 Å². The number of likely N-dealkylation sites (tertiary alicyclic amines) is 1. The van der Waals surface area contributed by atoms with E-state index in [1.54, 1.807) is 30.0 Å². The molecule has 0 radical (unpaired) electrons. The molecular weight excluding hydrogens is 496 g/mol. The molecule has 1 aromatic carbocycles. The molecule has 1 aliphatic heterocycles. The molecule has 5 rings (SSSR count). The van der Waals surface area contributed by atoms with E-state index in [0.717, 1.165) is 52.8 Å². The van der Waals surface area contributed by atoms with Crippen molar-refractivity contribution in [3.63, 3.8) is 0 Å². The zero-order chi connectivity index (χ0) is 23.7. The smallest absolute Gasteiger partial charge is 0.219 e. The summed E-state index contributed by atoms with van der Waals surface area (Å²) >= 11 is 3.59. The Bertz CT molecular complexity index is 1310. The van der Waals surface area contributed by atoms with E-state index in [1.807, 2.05) is 35.2 Å². The summed E-state index contributed by atoms with van der Waals surface area (Å²) in [6, 6.07) is 10.2. The van der Waals surface area contributed by atoms with Gasteiger partial charge in [-0.1, -0.05) is 30.3 Å². The minimum Gasteiger partial charge on any atom is -0.383 e. The molecule has 1 aliphatic rings. The summed E-state index contributed by atoms with van der Waals surface area (Å²) in [6.07, 6.45) is 7.14. The van der Waals surface area contributed by atoms with Crippen LogP contribution in [0.4, 0.5) is 5.82 Å². The number of hydrogen-bond acceptors (Lipinski definition) is 7. The lowest BCUT2D eigenvalue weighted by atomic mass is 10.0. The van der Waals surface area contributed by atoms with Gasteiger partial charge in [-0.15, -0.1) is 0 Å². The molecule has 4 aromatic rings. The Kier molecular flexibility index (Phi) is 6.25. The van der Waals surface area contributed by atoms with E-state index in [0.29, 0.717) is 29.9 Å². The summed E-state index contributed by atoms with van der Waals surface area (Å²) in [5.41, 5.74) is 10.4. The number of carbonyl (C=O) groups is 1. The standard InChI is InChI=1S/C24H25BrN8O/c1-15(34)32-9-7-18(8-10-32)27-14-20-21(25)22(26)33-24(31-20)19(13-30-33)17-11-28-23(29-12-17)16-5-3-2-4-6-16/h2-6,11-13,18,27H,7-10,14,26H2,1H3. The summed E-state index contributed by atoms with van der Waals surface area (Å²) in [5.74, 6) is 1.29. The Morgan fingerprint density at radius 3 is 2.50 bits per heavy atom.